The van der Waals surface area contributed by atoms with E-state index in [-0.39, 0.29) is 23.8 Å². The van der Waals surface area contributed by atoms with E-state index in [1.54, 1.807) is 29.2 Å². The molecule has 3 amide bonds. The Morgan fingerprint density at radius 3 is 2.45 bits per heavy atom. The molecule has 0 unspecified atom stereocenters. The first-order chi connectivity index (χ1) is 14.1. The minimum Gasteiger partial charge on any atom is -0.336 e. The van der Waals surface area contributed by atoms with E-state index < -0.39 is 5.91 Å². The number of hydrogen-bond donors (Lipinski definition) is 2. The molecule has 2 N–H and O–H groups in total. The highest BCUT2D eigenvalue weighted by Crippen LogP contribution is 2.19. The van der Waals surface area contributed by atoms with Gasteiger partial charge in [0.1, 0.15) is 5.69 Å². The van der Waals surface area contributed by atoms with Gasteiger partial charge in [-0.25, -0.2) is 9.48 Å². The number of nitrogens with zero attached hydrogens (tertiary/aromatic N) is 3. The summed E-state index contributed by atoms with van der Waals surface area (Å²) >= 11 is 0. The van der Waals surface area contributed by atoms with E-state index in [4.69, 9.17) is 0 Å². The van der Waals surface area contributed by atoms with Crippen LogP contribution in [0.4, 0.5) is 16.2 Å². The van der Waals surface area contributed by atoms with E-state index in [1.165, 1.54) is 16.8 Å². The predicted octanol–water partition coefficient (Wildman–Crippen LogP) is 2.07. The second-order valence-electron chi connectivity index (χ2n) is 6.58. The van der Waals surface area contributed by atoms with Crippen LogP contribution >= 0.6 is 0 Å². The first-order valence-corrected chi connectivity index (χ1v) is 9.19. The SMILES string of the molecule is O=C(Nc1ccc(N2CCNC2=O)cc1)c1ccc(=O)n(Cc2ccccc2)n1. The van der Waals surface area contributed by atoms with Gasteiger partial charge in [-0.3, -0.25) is 14.5 Å². The zero-order valence-corrected chi connectivity index (χ0v) is 15.5. The molecule has 1 fully saturated rings. The van der Waals surface area contributed by atoms with Crippen molar-refractivity contribution in [2.75, 3.05) is 23.3 Å². The van der Waals surface area contributed by atoms with Gasteiger partial charge >= 0.3 is 6.03 Å². The number of carbonyl (C=O) groups excluding carboxylic acids is 2. The number of urea groups is 1. The number of rotatable bonds is 5. The summed E-state index contributed by atoms with van der Waals surface area (Å²) in [6, 6.07) is 19.0. The summed E-state index contributed by atoms with van der Waals surface area (Å²) < 4.78 is 1.26. The number of amides is 3. The van der Waals surface area contributed by atoms with Gasteiger partial charge in [-0.15, -0.1) is 0 Å². The van der Waals surface area contributed by atoms with Crippen LogP contribution in [0.2, 0.25) is 0 Å². The maximum Gasteiger partial charge on any atom is 0.321 e. The average molecular weight is 389 g/mol. The molecule has 146 valence electrons. The third-order valence-electron chi connectivity index (χ3n) is 4.57. The molecule has 2 aromatic carbocycles. The van der Waals surface area contributed by atoms with Gasteiger partial charge in [0.05, 0.1) is 6.54 Å². The molecule has 0 aliphatic carbocycles. The standard InChI is InChI=1S/C21H19N5O3/c27-19-11-10-18(24-26(19)14-15-4-2-1-3-5-15)20(28)23-16-6-8-17(9-7-16)25-13-12-22-21(25)29/h1-11H,12-14H2,(H,22,29)(H,23,28). The van der Waals surface area contributed by atoms with Gasteiger partial charge in [0.15, 0.2) is 0 Å². The molecule has 0 radical (unpaired) electrons. The fraction of sp³-hybridized carbons (Fsp3) is 0.143. The molecular formula is C21H19N5O3. The van der Waals surface area contributed by atoms with Gasteiger partial charge in [-0.05, 0) is 35.9 Å². The highest BCUT2D eigenvalue weighted by molar-refractivity contribution is 6.03. The van der Waals surface area contributed by atoms with Crippen LogP contribution in [0.5, 0.6) is 0 Å². The van der Waals surface area contributed by atoms with Crippen molar-refractivity contribution in [1.82, 2.24) is 15.1 Å². The fourth-order valence-electron chi connectivity index (χ4n) is 3.08. The number of anilines is 2. The van der Waals surface area contributed by atoms with Crippen molar-refractivity contribution in [3.63, 3.8) is 0 Å². The zero-order chi connectivity index (χ0) is 20.2. The predicted molar refractivity (Wildman–Crippen MR) is 109 cm³/mol. The molecule has 4 rings (SSSR count). The van der Waals surface area contributed by atoms with E-state index in [1.807, 2.05) is 30.3 Å². The third kappa shape index (κ3) is 4.16. The molecule has 2 heterocycles. The number of carbonyl (C=O) groups is 2. The van der Waals surface area contributed by atoms with Crippen LogP contribution in [0.3, 0.4) is 0 Å². The molecule has 3 aromatic rings. The van der Waals surface area contributed by atoms with Gasteiger partial charge in [-0.2, -0.15) is 5.10 Å². The largest absolute Gasteiger partial charge is 0.336 e. The van der Waals surface area contributed by atoms with E-state index in [0.717, 1.165) is 11.3 Å². The van der Waals surface area contributed by atoms with Crippen LogP contribution in [0.1, 0.15) is 16.1 Å². The summed E-state index contributed by atoms with van der Waals surface area (Å²) in [6.45, 7) is 1.51. The minimum atomic E-state index is -0.418. The summed E-state index contributed by atoms with van der Waals surface area (Å²) in [5, 5.41) is 9.69. The minimum absolute atomic E-state index is 0.133. The van der Waals surface area contributed by atoms with Crippen molar-refractivity contribution in [3.8, 4) is 0 Å². The summed E-state index contributed by atoms with van der Waals surface area (Å²) in [4.78, 5) is 38.0. The quantitative estimate of drug-likeness (QED) is 0.698. The van der Waals surface area contributed by atoms with Gasteiger partial charge in [0, 0.05) is 30.5 Å². The van der Waals surface area contributed by atoms with Crippen LogP contribution in [0.15, 0.2) is 71.5 Å². The van der Waals surface area contributed by atoms with Crippen molar-refractivity contribution in [2.45, 2.75) is 6.54 Å². The lowest BCUT2D eigenvalue weighted by atomic mass is 10.2. The Hall–Kier alpha value is -3.94. The lowest BCUT2D eigenvalue weighted by Crippen LogP contribution is -2.27. The average Bonchev–Trinajstić information content (AvgIpc) is 3.17. The summed E-state index contributed by atoms with van der Waals surface area (Å²) in [6.07, 6.45) is 0. The Labute approximate surface area is 166 Å². The van der Waals surface area contributed by atoms with E-state index in [0.29, 0.717) is 18.8 Å². The molecule has 0 saturated carbocycles. The maximum absolute atomic E-state index is 12.6. The van der Waals surface area contributed by atoms with Gasteiger partial charge < -0.3 is 10.6 Å². The summed E-state index contributed by atoms with van der Waals surface area (Å²) in [7, 11) is 0. The normalized spacial score (nSPS) is 13.2. The summed E-state index contributed by atoms with van der Waals surface area (Å²) in [5.41, 5.74) is 2.11. The number of hydrogen-bond acceptors (Lipinski definition) is 4. The molecule has 8 heteroatoms. The first kappa shape index (κ1) is 18.4. The number of aromatic nitrogens is 2. The van der Waals surface area contributed by atoms with E-state index in [2.05, 4.69) is 15.7 Å². The Balaban J connectivity index is 1.47. The van der Waals surface area contributed by atoms with Gasteiger partial charge in [0.2, 0.25) is 0 Å². The van der Waals surface area contributed by atoms with Crippen molar-refractivity contribution in [1.29, 1.82) is 0 Å². The monoisotopic (exact) mass is 389 g/mol. The maximum atomic E-state index is 12.6. The van der Waals surface area contributed by atoms with Crippen LogP contribution < -0.4 is 21.1 Å². The number of benzene rings is 2. The molecular weight excluding hydrogens is 370 g/mol. The molecule has 1 saturated heterocycles. The van der Waals surface area contributed by atoms with Gasteiger partial charge in [0.25, 0.3) is 11.5 Å². The van der Waals surface area contributed by atoms with E-state index >= 15 is 0 Å². The van der Waals surface area contributed by atoms with Crippen LogP contribution in [-0.4, -0.2) is 34.8 Å². The Kier molecular flexibility index (Phi) is 5.07. The van der Waals surface area contributed by atoms with Crippen LogP contribution in [-0.2, 0) is 6.54 Å². The third-order valence-corrected chi connectivity index (χ3v) is 4.57. The molecule has 1 aliphatic heterocycles. The van der Waals surface area contributed by atoms with Crippen molar-refractivity contribution < 1.29 is 9.59 Å². The second-order valence-corrected chi connectivity index (χ2v) is 6.58. The van der Waals surface area contributed by atoms with Crippen molar-refractivity contribution in [2.24, 2.45) is 0 Å². The fourth-order valence-corrected chi connectivity index (χ4v) is 3.08. The van der Waals surface area contributed by atoms with E-state index in [9.17, 15) is 14.4 Å². The molecule has 0 bridgehead atoms. The van der Waals surface area contributed by atoms with Crippen LogP contribution in [0.25, 0.3) is 0 Å². The lowest BCUT2D eigenvalue weighted by Gasteiger charge is -2.14. The van der Waals surface area contributed by atoms with Crippen molar-refractivity contribution >= 4 is 23.3 Å². The molecule has 1 aliphatic rings. The number of nitrogens with one attached hydrogen (secondary N) is 2. The molecule has 29 heavy (non-hydrogen) atoms. The second kappa shape index (κ2) is 7.97. The first-order valence-electron chi connectivity index (χ1n) is 9.19. The summed E-state index contributed by atoms with van der Waals surface area (Å²) in [5.74, 6) is -0.418. The lowest BCUT2D eigenvalue weighted by molar-refractivity contribution is 0.102. The molecule has 8 nitrogen and oxygen atoms in total. The van der Waals surface area contributed by atoms with Gasteiger partial charge in [-0.1, -0.05) is 30.3 Å². The smallest absolute Gasteiger partial charge is 0.321 e. The Morgan fingerprint density at radius 1 is 1.00 bits per heavy atom. The Morgan fingerprint density at radius 2 is 1.76 bits per heavy atom. The zero-order valence-electron chi connectivity index (χ0n) is 15.5. The Bertz CT molecular complexity index is 1090. The topological polar surface area (TPSA) is 96.3 Å². The van der Waals surface area contributed by atoms with Crippen LogP contribution in [0, 0.1) is 0 Å². The molecule has 1 aromatic heterocycles. The van der Waals surface area contributed by atoms with Crippen molar-refractivity contribution in [3.05, 3.63) is 88.3 Å². The molecule has 0 spiro atoms. The highest BCUT2D eigenvalue weighted by Gasteiger charge is 2.20. The highest BCUT2D eigenvalue weighted by atomic mass is 16.2. The molecule has 0 atom stereocenters.